The molecule has 0 aromatic heterocycles. The van der Waals surface area contributed by atoms with E-state index in [0.29, 0.717) is 0 Å². The van der Waals surface area contributed by atoms with Crippen molar-refractivity contribution >= 4 is 6.08 Å². The summed E-state index contributed by atoms with van der Waals surface area (Å²) in [6.07, 6.45) is 4.18. The van der Waals surface area contributed by atoms with E-state index in [0.717, 1.165) is 11.3 Å². The highest BCUT2D eigenvalue weighted by Gasteiger charge is 1.97. The summed E-state index contributed by atoms with van der Waals surface area (Å²) in [6.45, 7) is 5.99. The van der Waals surface area contributed by atoms with E-state index in [4.69, 9.17) is 10.5 Å². The van der Waals surface area contributed by atoms with E-state index < -0.39 is 0 Å². The highest BCUT2D eigenvalue weighted by molar-refractivity contribution is 5.52. The van der Waals surface area contributed by atoms with Crippen molar-refractivity contribution in [3.63, 3.8) is 0 Å². The quantitative estimate of drug-likeness (QED) is 0.820. The molecule has 1 aromatic carbocycles. The Morgan fingerprint density at radius 1 is 1.27 bits per heavy atom. The lowest BCUT2D eigenvalue weighted by Crippen LogP contribution is -2.09. The minimum Gasteiger partial charge on any atom is -0.491 e. The van der Waals surface area contributed by atoms with E-state index in [1.807, 2.05) is 57.2 Å². The van der Waals surface area contributed by atoms with Gasteiger partial charge >= 0.3 is 0 Å². The second kappa shape index (κ2) is 5.56. The van der Waals surface area contributed by atoms with Gasteiger partial charge in [-0.3, -0.25) is 0 Å². The van der Waals surface area contributed by atoms with Crippen molar-refractivity contribution in [3.05, 3.63) is 35.9 Å². The first-order valence-electron chi connectivity index (χ1n) is 5.28. The van der Waals surface area contributed by atoms with Crippen molar-refractivity contribution in [1.82, 2.24) is 0 Å². The minimum atomic E-state index is 0.0830. The number of ether oxygens (including phenoxy) is 1. The molecule has 2 heteroatoms. The van der Waals surface area contributed by atoms with Gasteiger partial charge in [-0.05, 0) is 38.5 Å². The van der Waals surface area contributed by atoms with Crippen LogP contribution in [0.3, 0.4) is 0 Å². The predicted molar refractivity (Wildman–Crippen MR) is 64.9 cm³/mol. The third-order valence-corrected chi connectivity index (χ3v) is 1.82. The Labute approximate surface area is 91.7 Å². The van der Waals surface area contributed by atoms with Crippen LogP contribution in [0.25, 0.3) is 6.08 Å². The molecule has 0 spiro atoms. The molecule has 15 heavy (non-hydrogen) atoms. The Balaban J connectivity index is 2.74. The topological polar surface area (TPSA) is 35.2 Å². The van der Waals surface area contributed by atoms with Gasteiger partial charge in [-0.1, -0.05) is 24.3 Å². The molecule has 0 aliphatic rings. The number of nitrogens with two attached hydrogens (primary N) is 1. The van der Waals surface area contributed by atoms with Crippen LogP contribution in [0, 0.1) is 0 Å². The summed E-state index contributed by atoms with van der Waals surface area (Å²) in [6, 6.07) is 8.08. The maximum atomic E-state index is 5.64. The Kier molecular flexibility index (Phi) is 4.37. The normalized spacial score (nSPS) is 13.4. The lowest BCUT2D eigenvalue weighted by molar-refractivity contribution is 0.242. The Bertz CT molecular complexity index is 329. The highest BCUT2D eigenvalue weighted by Crippen LogP contribution is 2.15. The smallest absolute Gasteiger partial charge is 0.120 e. The maximum Gasteiger partial charge on any atom is 0.120 e. The van der Waals surface area contributed by atoms with E-state index in [1.54, 1.807) is 0 Å². The first kappa shape index (κ1) is 11.8. The molecule has 1 unspecified atom stereocenters. The number of hydrogen-bond acceptors (Lipinski definition) is 2. The molecule has 0 aliphatic heterocycles. The molecule has 0 amide bonds. The van der Waals surface area contributed by atoms with Crippen molar-refractivity contribution in [2.24, 2.45) is 5.73 Å². The van der Waals surface area contributed by atoms with Gasteiger partial charge in [0, 0.05) is 6.04 Å². The van der Waals surface area contributed by atoms with Crippen LogP contribution >= 0.6 is 0 Å². The maximum absolute atomic E-state index is 5.64. The van der Waals surface area contributed by atoms with Crippen LogP contribution in [0.15, 0.2) is 30.3 Å². The van der Waals surface area contributed by atoms with E-state index in [-0.39, 0.29) is 12.1 Å². The molecule has 1 rings (SSSR count). The molecule has 0 fully saturated rings. The summed E-state index contributed by atoms with van der Waals surface area (Å²) in [7, 11) is 0. The molecule has 0 aliphatic carbocycles. The Morgan fingerprint density at radius 2 is 2.00 bits per heavy atom. The van der Waals surface area contributed by atoms with Crippen LogP contribution in [0.5, 0.6) is 5.75 Å². The van der Waals surface area contributed by atoms with Gasteiger partial charge in [0.1, 0.15) is 5.75 Å². The molecular weight excluding hydrogens is 186 g/mol. The zero-order valence-corrected chi connectivity index (χ0v) is 9.60. The number of rotatable bonds is 4. The molecule has 1 atom stereocenters. The standard InChI is InChI=1S/C13H19NO/c1-10(2)15-13-6-4-5-12(9-13)8-7-11(3)14/h4-11H,14H2,1-3H3/b8-7+. The minimum absolute atomic E-state index is 0.0830. The molecule has 2 N–H and O–H groups in total. The molecule has 0 saturated heterocycles. The van der Waals surface area contributed by atoms with E-state index >= 15 is 0 Å². The lowest BCUT2D eigenvalue weighted by Gasteiger charge is -2.09. The van der Waals surface area contributed by atoms with Crippen LogP contribution < -0.4 is 10.5 Å². The molecule has 82 valence electrons. The van der Waals surface area contributed by atoms with Crippen molar-refractivity contribution in [2.45, 2.75) is 32.9 Å². The van der Waals surface area contributed by atoms with Crippen LogP contribution in [0.2, 0.25) is 0 Å². The predicted octanol–water partition coefficient (Wildman–Crippen LogP) is 2.83. The highest BCUT2D eigenvalue weighted by atomic mass is 16.5. The monoisotopic (exact) mass is 205 g/mol. The Hall–Kier alpha value is -1.28. The fourth-order valence-corrected chi connectivity index (χ4v) is 1.23. The summed E-state index contributed by atoms with van der Waals surface area (Å²) in [5.74, 6) is 0.900. The molecular formula is C13H19NO. The second-order valence-corrected chi connectivity index (χ2v) is 3.96. The van der Waals surface area contributed by atoms with Crippen molar-refractivity contribution in [2.75, 3.05) is 0 Å². The largest absolute Gasteiger partial charge is 0.491 e. The molecule has 0 radical (unpaired) electrons. The number of benzene rings is 1. The van der Waals surface area contributed by atoms with Gasteiger partial charge in [-0.2, -0.15) is 0 Å². The SMILES string of the molecule is CC(N)/C=C/c1cccc(OC(C)C)c1. The van der Waals surface area contributed by atoms with Gasteiger partial charge in [0.2, 0.25) is 0 Å². The fourth-order valence-electron chi connectivity index (χ4n) is 1.23. The van der Waals surface area contributed by atoms with Crippen molar-refractivity contribution in [1.29, 1.82) is 0 Å². The van der Waals surface area contributed by atoms with Crippen LogP contribution in [-0.2, 0) is 0 Å². The first-order chi connectivity index (χ1) is 7.08. The lowest BCUT2D eigenvalue weighted by atomic mass is 10.2. The van der Waals surface area contributed by atoms with E-state index in [2.05, 4.69) is 0 Å². The van der Waals surface area contributed by atoms with Gasteiger partial charge in [-0.15, -0.1) is 0 Å². The second-order valence-electron chi connectivity index (χ2n) is 3.96. The summed E-state index contributed by atoms with van der Waals surface area (Å²) in [5.41, 5.74) is 6.76. The van der Waals surface area contributed by atoms with Crippen molar-refractivity contribution < 1.29 is 4.74 Å². The van der Waals surface area contributed by atoms with Gasteiger partial charge in [0.05, 0.1) is 6.10 Å². The van der Waals surface area contributed by atoms with Crippen LogP contribution in [-0.4, -0.2) is 12.1 Å². The molecule has 0 bridgehead atoms. The Morgan fingerprint density at radius 3 is 2.60 bits per heavy atom. The van der Waals surface area contributed by atoms with Crippen LogP contribution in [0.1, 0.15) is 26.3 Å². The van der Waals surface area contributed by atoms with E-state index in [1.165, 1.54) is 0 Å². The summed E-state index contributed by atoms with van der Waals surface area (Å²) < 4.78 is 5.60. The third kappa shape index (κ3) is 4.66. The van der Waals surface area contributed by atoms with Gasteiger partial charge in [0.25, 0.3) is 0 Å². The van der Waals surface area contributed by atoms with Crippen molar-refractivity contribution in [3.8, 4) is 5.75 Å². The third-order valence-electron chi connectivity index (χ3n) is 1.82. The zero-order valence-electron chi connectivity index (χ0n) is 9.60. The van der Waals surface area contributed by atoms with Gasteiger partial charge in [0.15, 0.2) is 0 Å². The number of hydrogen-bond donors (Lipinski definition) is 1. The summed E-state index contributed by atoms with van der Waals surface area (Å²) >= 11 is 0. The zero-order chi connectivity index (χ0) is 11.3. The summed E-state index contributed by atoms with van der Waals surface area (Å²) in [4.78, 5) is 0. The first-order valence-corrected chi connectivity index (χ1v) is 5.28. The molecule has 0 saturated carbocycles. The van der Waals surface area contributed by atoms with Gasteiger partial charge in [-0.25, -0.2) is 0 Å². The summed E-state index contributed by atoms with van der Waals surface area (Å²) in [5, 5.41) is 0. The average Bonchev–Trinajstić information content (AvgIpc) is 2.14. The van der Waals surface area contributed by atoms with Crippen LogP contribution in [0.4, 0.5) is 0 Å². The molecule has 0 heterocycles. The molecule has 1 aromatic rings. The average molecular weight is 205 g/mol. The van der Waals surface area contributed by atoms with E-state index in [9.17, 15) is 0 Å². The van der Waals surface area contributed by atoms with Gasteiger partial charge < -0.3 is 10.5 Å². The fraction of sp³-hybridized carbons (Fsp3) is 0.385. The molecule has 2 nitrogen and oxygen atoms in total.